The Morgan fingerprint density at radius 2 is 1.76 bits per heavy atom. The number of rotatable bonds is 3. The van der Waals surface area contributed by atoms with Crippen molar-refractivity contribution >= 4 is 39.1 Å². The number of carbonyl (C=O) groups is 2. The SMILES string of the molecule is Cc1c(C(=O)N2CCN(CC(=O)N3CCc4ccccc43)CC2)sc2nc(C(F)(F)F)ccc12. The second-order valence-electron chi connectivity index (χ2n) is 8.60. The van der Waals surface area contributed by atoms with Gasteiger partial charge in [-0.1, -0.05) is 18.2 Å². The molecule has 2 aliphatic heterocycles. The highest BCUT2D eigenvalue weighted by Gasteiger charge is 2.34. The van der Waals surface area contributed by atoms with Crippen LogP contribution in [-0.2, 0) is 17.4 Å². The number of aromatic nitrogens is 1. The van der Waals surface area contributed by atoms with Crippen LogP contribution in [0, 0.1) is 6.92 Å². The molecule has 2 aliphatic rings. The first-order valence-electron chi connectivity index (χ1n) is 11.1. The molecule has 0 atom stereocenters. The maximum Gasteiger partial charge on any atom is 0.433 e. The number of amides is 2. The standard InChI is InChI=1S/C24H23F3N4O2S/c1-15-17-6-7-19(24(25,26)27)28-22(17)34-21(15)23(33)30-12-10-29(11-13-30)14-20(32)31-9-8-16-4-2-3-5-18(16)31/h2-7H,8-14H2,1H3. The van der Waals surface area contributed by atoms with Crippen LogP contribution in [0.15, 0.2) is 36.4 Å². The molecular weight excluding hydrogens is 465 g/mol. The maximum atomic E-state index is 13.1. The molecule has 1 saturated heterocycles. The predicted molar refractivity (Wildman–Crippen MR) is 124 cm³/mol. The van der Waals surface area contributed by atoms with Crippen molar-refractivity contribution in [2.75, 3.05) is 44.2 Å². The Labute approximate surface area is 198 Å². The number of halogens is 3. The van der Waals surface area contributed by atoms with Crippen molar-refractivity contribution in [2.45, 2.75) is 19.5 Å². The first kappa shape index (κ1) is 22.8. The molecule has 1 fully saturated rings. The van der Waals surface area contributed by atoms with Crippen LogP contribution in [0.4, 0.5) is 18.9 Å². The van der Waals surface area contributed by atoms with Crippen molar-refractivity contribution in [3.63, 3.8) is 0 Å². The van der Waals surface area contributed by atoms with Crippen LogP contribution >= 0.6 is 11.3 Å². The van der Waals surface area contributed by atoms with E-state index in [1.54, 1.807) is 11.8 Å². The minimum absolute atomic E-state index is 0.0524. The van der Waals surface area contributed by atoms with E-state index in [0.717, 1.165) is 29.5 Å². The van der Waals surface area contributed by atoms with E-state index in [1.807, 2.05) is 34.1 Å². The summed E-state index contributed by atoms with van der Waals surface area (Å²) in [6, 6.07) is 10.3. The number of aryl methyl sites for hydroxylation is 1. The molecule has 0 bridgehead atoms. The Morgan fingerprint density at radius 1 is 1.03 bits per heavy atom. The Bertz CT molecular complexity index is 1260. The van der Waals surface area contributed by atoms with Gasteiger partial charge in [0.25, 0.3) is 5.91 Å². The first-order chi connectivity index (χ1) is 16.2. The number of anilines is 1. The van der Waals surface area contributed by atoms with E-state index in [1.165, 1.54) is 11.6 Å². The number of hydrogen-bond donors (Lipinski definition) is 0. The van der Waals surface area contributed by atoms with Gasteiger partial charge in [-0.05, 0) is 42.7 Å². The molecule has 1 aromatic carbocycles. The summed E-state index contributed by atoms with van der Waals surface area (Å²) in [5.74, 6) is -0.148. The Hall–Kier alpha value is -2.98. The second-order valence-corrected chi connectivity index (χ2v) is 9.59. The fourth-order valence-electron chi connectivity index (χ4n) is 4.59. The van der Waals surface area contributed by atoms with E-state index in [2.05, 4.69) is 4.98 Å². The number of fused-ring (bicyclic) bond motifs is 2. The van der Waals surface area contributed by atoms with Crippen molar-refractivity contribution in [3.05, 3.63) is 58.1 Å². The lowest BCUT2D eigenvalue weighted by atomic mass is 10.1. The van der Waals surface area contributed by atoms with Gasteiger partial charge in [-0.25, -0.2) is 4.98 Å². The average molecular weight is 489 g/mol. The van der Waals surface area contributed by atoms with Gasteiger partial charge in [-0.2, -0.15) is 13.2 Å². The Balaban J connectivity index is 1.23. The third-order valence-electron chi connectivity index (χ3n) is 6.49. The van der Waals surface area contributed by atoms with Crippen molar-refractivity contribution < 1.29 is 22.8 Å². The molecule has 0 aliphatic carbocycles. The van der Waals surface area contributed by atoms with Gasteiger partial charge in [-0.15, -0.1) is 11.3 Å². The molecule has 34 heavy (non-hydrogen) atoms. The molecule has 0 spiro atoms. The molecule has 0 saturated carbocycles. The molecule has 3 aromatic rings. The van der Waals surface area contributed by atoms with Crippen molar-refractivity contribution in [1.29, 1.82) is 0 Å². The fourth-order valence-corrected chi connectivity index (χ4v) is 5.74. The van der Waals surface area contributed by atoms with Gasteiger partial charge in [0.15, 0.2) is 0 Å². The average Bonchev–Trinajstić information content (AvgIpc) is 3.40. The van der Waals surface area contributed by atoms with Crippen LogP contribution in [0.1, 0.15) is 26.5 Å². The van der Waals surface area contributed by atoms with Crippen molar-refractivity contribution in [3.8, 4) is 0 Å². The summed E-state index contributed by atoms with van der Waals surface area (Å²) >= 11 is 1.00. The number of thiophene rings is 1. The highest BCUT2D eigenvalue weighted by atomic mass is 32.1. The third-order valence-corrected chi connectivity index (χ3v) is 7.68. The monoisotopic (exact) mass is 488 g/mol. The fraction of sp³-hybridized carbons (Fsp3) is 0.375. The summed E-state index contributed by atoms with van der Waals surface area (Å²) in [6.45, 7) is 4.76. The minimum Gasteiger partial charge on any atom is -0.335 e. The van der Waals surface area contributed by atoms with E-state index < -0.39 is 11.9 Å². The molecule has 4 heterocycles. The maximum absolute atomic E-state index is 13.1. The lowest BCUT2D eigenvalue weighted by Crippen LogP contribution is -2.51. The van der Waals surface area contributed by atoms with Crippen LogP contribution in [0.25, 0.3) is 10.2 Å². The highest BCUT2D eigenvalue weighted by Crippen LogP contribution is 2.35. The van der Waals surface area contributed by atoms with Crippen LogP contribution in [-0.4, -0.2) is 65.9 Å². The van der Waals surface area contributed by atoms with Crippen molar-refractivity contribution in [1.82, 2.24) is 14.8 Å². The van der Waals surface area contributed by atoms with Crippen LogP contribution in [0.5, 0.6) is 0 Å². The summed E-state index contributed by atoms with van der Waals surface area (Å²) in [5, 5.41) is 0.566. The summed E-state index contributed by atoms with van der Waals surface area (Å²) in [4.78, 5) is 35.9. The van der Waals surface area contributed by atoms with Crippen LogP contribution in [0.2, 0.25) is 0 Å². The highest BCUT2D eigenvalue weighted by molar-refractivity contribution is 7.20. The summed E-state index contributed by atoms with van der Waals surface area (Å²) in [6.07, 6.45) is -3.67. The molecule has 0 N–H and O–H groups in total. The van der Waals surface area contributed by atoms with Gasteiger partial charge in [-0.3, -0.25) is 14.5 Å². The molecule has 0 radical (unpaired) electrons. The van der Waals surface area contributed by atoms with Gasteiger partial charge < -0.3 is 9.80 Å². The number of pyridine rings is 1. The van der Waals surface area contributed by atoms with Gasteiger partial charge in [0, 0.05) is 43.8 Å². The van der Waals surface area contributed by atoms with Gasteiger partial charge in [0.2, 0.25) is 5.91 Å². The van der Waals surface area contributed by atoms with Crippen molar-refractivity contribution in [2.24, 2.45) is 0 Å². The molecule has 178 valence electrons. The molecule has 0 unspecified atom stereocenters. The second kappa shape index (κ2) is 8.66. The van der Waals surface area contributed by atoms with E-state index in [-0.39, 0.29) is 16.6 Å². The normalized spacial score (nSPS) is 16.8. The number of piperazine rings is 1. The minimum atomic E-state index is -4.53. The summed E-state index contributed by atoms with van der Waals surface area (Å²) in [7, 11) is 0. The molecule has 2 aromatic heterocycles. The summed E-state index contributed by atoms with van der Waals surface area (Å²) < 4.78 is 39.0. The quantitative estimate of drug-likeness (QED) is 0.560. The van der Waals surface area contributed by atoms with E-state index in [0.29, 0.717) is 55.1 Å². The largest absolute Gasteiger partial charge is 0.433 e. The summed E-state index contributed by atoms with van der Waals surface area (Å²) in [5.41, 5.74) is 1.85. The molecule has 6 nitrogen and oxygen atoms in total. The number of alkyl halides is 3. The third kappa shape index (κ3) is 4.16. The zero-order valence-corrected chi connectivity index (χ0v) is 19.4. The number of nitrogens with zero attached hydrogens (tertiary/aromatic N) is 4. The zero-order chi connectivity index (χ0) is 24.0. The Kier molecular flexibility index (Phi) is 5.81. The van der Waals surface area contributed by atoms with E-state index >= 15 is 0 Å². The number of para-hydroxylation sites is 1. The smallest absolute Gasteiger partial charge is 0.335 e. The van der Waals surface area contributed by atoms with Gasteiger partial charge >= 0.3 is 6.18 Å². The predicted octanol–water partition coefficient (Wildman–Crippen LogP) is 3.97. The lowest BCUT2D eigenvalue weighted by molar-refractivity contribution is -0.140. The van der Waals surface area contributed by atoms with Gasteiger partial charge in [0.05, 0.1) is 11.4 Å². The number of benzene rings is 1. The number of carbonyl (C=O) groups excluding carboxylic acids is 2. The topological polar surface area (TPSA) is 56.8 Å². The van der Waals surface area contributed by atoms with E-state index in [9.17, 15) is 22.8 Å². The first-order valence-corrected chi connectivity index (χ1v) is 11.9. The van der Waals surface area contributed by atoms with Crippen LogP contribution < -0.4 is 4.90 Å². The Morgan fingerprint density at radius 3 is 2.50 bits per heavy atom. The lowest BCUT2D eigenvalue weighted by Gasteiger charge is -2.35. The van der Waals surface area contributed by atoms with Crippen LogP contribution in [0.3, 0.4) is 0 Å². The zero-order valence-electron chi connectivity index (χ0n) is 18.6. The molecular formula is C24H23F3N4O2S. The molecule has 2 amide bonds. The van der Waals surface area contributed by atoms with Gasteiger partial charge in [0.1, 0.15) is 10.5 Å². The molecule has 5 rings (SSSR count). The van der Waals surface area contributed by atoms with E-state index in [4.69, 9.17) is 0 Å². The number of hydrogen-bond acceptors (Lipinski definition) is 5. The molecule has 10 heteroatoms.